The van der Waals surface area contributed by atoms with E-state index in [1.807, 2.05) is 17.0 Å². The Morgan fingerprint density at radius 2 is 2.15 bits per heavy atom. The van der Waals surface area contributed by atoms with Crippen LogP contribution in [0.3, 0.4) is 0 Å². The van der Waals surface area contributed by atoms with Gasteiger partial charge < -0.3 is 25.1 Å². The van der Waals surface area contributed by atoms with Gasteiger partial charge in [-0.25, -0.2) is 9.97 Å². The molecule has 0 spiro atoms. The van der Waals surface area contributed by atoms with E-state index in [9.17, 15) is 4.79 Å². The van der Waals surface area contributed by atoms with Gasteiger partial charge in [-0.05, 0) is 30.5 Å². The lowest BCUT2D eigenvalue weighted by atomic mass is 9.97. The van der Waals surface area contributed by atoms with Crippen molar-refractivity contribution in [1.82, 2.24) is 24.7 Å². The van der Waals surface area contributed by atoms with Gasteiger partial charge in [0.15, 0.2) is 17.1 Å². The van der Waals surface area contributed by atoms with Crippen LogP contribution in [0.15, 0.2) is 41.2 Å². The van der Waals surface area contributed by atoms with Crippen LogP contribution in [-0.2, 0) is 18.2 Å². The van der Waals surface area contributed by atoms with Crippen molar-refractivity contribution in [3.63, 3.8) is 0 Å². The van der Waals surface area contributed by atoms with Crippen molar-refractivity contribution in [3.8, 4) is 0 Å². The minimum Gasteiger partial charge on any atom is -0.423 e. The number of primary amides is 1. The number of anilines is 3. The number of carbonyl (C=O) groups is 1. The van der Waals surface area contributed by atoms with Gasteiger partial charge in [-0.15, -0.1) is 0 Å². The van der Waals surface area contributed by atoms with E-state index in [1.165, 1.54) is 5.56 Å². The first-order chi connectivity index (χ1) is 16.5. The number of aromatic nitrogens is 5. The topological polar surface area (TPSA) is 137 Å². The lowest BCUT2D eigenvalue weighted by Gasteiger charge is -2.37. The van der Waals surface area contributed by atoms with Gasteiger partial charge in [0, 0.05) is 46.0 Å². The molecule has 5 rings (SSSR count). The van der Waals surface area contributed by atoms with Crippen molar-refractivity contribution in [3.05, 3.63) is 53.7 Å². The predicted molar refractivity (Wildman–Crippen MR) is 126 cm³/mol. The Bertz CT molecular complexity index is 1330. The molecule has 1 fully saturated rings. The molecule has 34 heavy (non-hydrogen) atoms. The van der Waals surface area contributed by atoms with E-state index in [4.69, 9.17) is 14.9 Å². The van der Waals surface area contributed by atoms with Crippen LogP contribution < -0.4 is 16.0 Å². The first kappa shape index (κ1) is 21.8. The van der Waals surface area contributed by atoms with Crippen LogP contribution in [0, 0.1) is 0 Å². The van der Waals surface area contributed by atoms with E-state index in [0.717, 1.165) is 30.5 Å². The highest BCUT2D eigenvalue weighted by atomic mass is 16.5. The molecule has 1 saturated heterocycles. The summed E-state index contributed by atoms with van der Waals surface area (Å²) < 4.78 is 12.8. The minimum atomic E-state index is -0.642. The van der Waals surface area contributed by atoms with E-state index in [2.05, 4.69) is 31.4 Å². The summed E-state index contributed by atoms with van der Waals surface area (Å²) in [6.45, 7) is 2.06. The summed E-state index contributed by atoms with van der Waals surface area (Å²) in [5, 5.41) is 7.14. The molecule has 176 valence electrons. The summed E-state index contributed by atoms with van der Waals surface area (Å²) in [6.07, 6.45) is 6.96. The first-order valence-corrected chi connectivity index (χ1v) is 11.1. The van der Waals surface area contributed by atoms with Crippen LogP contribution in [-0.4, -0.2) is 57.4 Å². The van der Waals surface area contributed by atoms with Gasteiger partial charge >= 0.3 is 0 Å². The van der Waals surface area contributed by atoms with E-state index in [1.54, 1.807) is 37.4 Å². The van der Waals surface area contributed by atoms with Crippen molar-refractivity contribution in [2.24, 2.45) is 12.8 Å². The van der Waals surface area contributed by atoms with Crippen LogP contribution >= 0.6 is 0 Å². The summed E-state index contributed by atoms with van der Waals surface area (Å²) in [6, 6.07) is 6.68. The number of carbonyl (C=O) groups excluding carboxylic acids is 1. The van der Waals surface area contributed by atoms with E-state index >= 15 is 0 Å². The number of nitrogens with zero attached hydrogens (tertiary/aromatic N) is 6. The molecule has 1 aliphatic rings. The van der Waals surface area contributed by atoms with Crippen LogP contribution in [0.1, 0.15) is 34.1 Å². The number of nitrogens with one attached hydrogen (secondary N) is 1. The number of rotatable bonds is 9. The largest absolute Gasteiger partial charge is 0.423 e. The van der Waals surface area contributed by atoms with Gasteiger partial charge in [0.1, 0.15) is 5.52 Å². The highest BCUT2D eigenvalue weighted by molar-refractivity contribution is 5.96. The average Bonchev–Trinajstić information content (AvgIpc) is 3.39. The maximum Gasteiger partial charge on any atom is 0.298 e. The molecule has 3 N–H and O–H groups in total. The third-order valence-corrected chi connectivity index (χ3v) is 5.82. The standard InChI is InChI=1S/C23H26N8O3/c1-30-13-16(9-26-30)27-22-20(21(24)32)28-18(10-25-22)15-11-31(12-15)23-29-17-6-5-14(4-3-7-33-2)8-19(17)34-23/h5-6,8-10,13,15H,3-4,7,11-12H2,1-2H3,(H2,24,32)(H,25,27). The zero-order valence-corrected chi connectivity index (χ0v) is 19.1. The lowest BCUT2D eigenvalue weighted by molar-refractivity contribution is 0.0995. The van der Waals surface area contributed by atoms with Gasteiger partial charge in [-0.3, -0.25) is 9.48 Å². The number of fused-ring (bicyclic) bond motifs is 1. The molecule has 0 aliphatic carbocycles. The summed E-state index contributed by atoms with van der Waals surface area (Å²) in [7, 11) is 3.51. The summed E-state index contributed by atoms with van der Waals surface area (Å²) in [4.78, 5) is 27.6. The van der Waals surface area contributed by atoms with Crippen LogP contribution in [0.25, 0.3) is 11.1 Å². The normalized spacial score (nSPS) is 13.9. The molecule has 11 nitrogen and oxygen atoms in total. The molecule has 0 bridgehead atoms. The molecule has 0 atom stereocenters. The van der Waals surface area contributed by atoms with Crippen LogP contribution in [0.4, 0.5) is 17.5 Å². The Hall–Kier alpha value is -3.99. The molecule has 4 aromatic rings. The Kier molecular flexibility index (Phi) is 5.84. The number of nitrogens with two attached hydrogens (primary N) is 1. The molecule has 11 heteroatoms. The third-order valence-electron chi connectivity index (χ3n) is 5.82. The second kappa shape index (κ2) is 9.10. The van der Waals surface area contributed by atoms with E-state index in [-0.39, 0.29) is 11.6 Å². The van der Waals surface area contributed by atoms with Crippen molar-refractivity contribution in [2.45, 2.75) is 18.8 Å². The van der Waals surface area contributed by atoms with Crippen molar-refractivity contribution in [1.29, 1.82) is 0 Å². The second-order valence-corrected chi connectivity index (χ2v) is 8.38. The van der Waals surface area contributed by atoms with Gasteiger partial charge in [0.25, 0.3) is 11.9 Å². The number of amides is 1. The highest BCUT2D eigenvalue weighted by Gasteiger charge is 2.33. The van der Waals surface area contributed by atoms with Gasteiger partial charge in [0.05, 0.1) is 23.8 Å². The number of oxazole rings is 1. The maximum atomic E-state index is 12.0. The fourth-order valence-electron chi connectivity index (χ4n) is 3.98. The molecule has 0 radical (unpaired) electrons. The number of methoxy groups -OCH3 is 1. The van der Waals surface area contributed by atoms with Crippen LogP contribution in [0.5, 0.6) is 0 Å². The minimum absolute atomic E-state index is 0.0951. The maximum absolute atomic E-state index is 12.0. The second-order valence-electron chi connectivity index (χ2n) is 8.38. The Morgan fingerprint density at radius 3 is 2.88 bits per heavy atom. The highest BCUT2D eigenvalue weighted by Crippen LogP contribution is 2.33. The smallest absolute Gasteiger partial charge is 0.298 e. The van der Waals surface area contributed by atoms with Crippen molar-refractivity contribution in [2.75, 3.05) is 37.0 Å². The molecule has 1 aliphatic heterocycles. The summed E-state index contributed by atoms with van der Waals surface area (Å²) >= 11 is 0. The van der Waals surface area contributed by atoms with E-state index < -0.39 is 5.91 Å². The number of benzene rings is 1. The lowest BCUT2D eigenvalue weighted by Crippen LogP contribution is -2.45. The molecular weight excluding hydrogens is 436 g/mol. The van der Waals surface area contributed by atoms with Crippen molar-refractivity contribution < 1.29 is 13.9 Å². The zero-order valence-electron chi connectivity index (χ0n) is 19.1. The van der Waals surface area contributed by atoms with Crippen LogP contribution in [0.2, 0.25) is 0 Å². The predicted octanol–water partition coefficient (Wildman–Crippen LogP) is 2.38. The molecular formula is C23H26N8O3. The summed E-state index contributed by atoms with van der Waals surface area (Å²) in [5.41, 5.74) is 9.87. The van der Waals surface area contributed by atoms with Crippen molar-refractivity contribution >= 4 is 34.5 Å². The zero-order chi connectivity index (χ0) is 23.7. The molecule has 0 unspecified atom stereocenters. The molecule has 0 saturated carbocycles. The number of hydrogen-bond acceptors (Lipinski definition) is 9. The Balaban J connectivity index is 1.27. The number of ether oxygens (including phenoxy) is 1. The molecule has 3 aromatic heterocycles. The number of aryl methyl sites for hydroxylation is 2. The monoisotopic (exact) mass is 462 g/mol. The van der Waals surface area contributed by atoms with E-state index in [0.29, 0.717) is 36.3 Å². The van der Waals surface area contributed by atoms with Gasteiger partial charge in [-0.2, -0.15) is 10.1 Å². The fourth-order valence-corrected chi connectivity index (χ4v) is 3.98. The first-order valence-electron chi connectivity index (χ1n) is 11.1. The third kappa shape index (κ3) is 4.42. The molecule has 4 heterocycles. The Labute approximate surface area is 195 Å². The number of hydrogen-bond donors (Lipinski definition) is 2. The molecule has 1 aromatic carbocycles. The SMILES string of the molecule is COCCCc1ccc2nc(N3CC(c4cnc(Nc5cnn(C)c5)c(C(N)=O)n4)C3)oc2c1. The Morgan fingerprint density at radius 1 is 1.29 bits per heavy atom. The summed E-state index contributed by atoms with van der Waals surface area (Å²) in [5.74, 6) is -0.240. The quantitative estimate of drug-likeness (QED) is 0.359. The van der Waals surface area contributed by atoms with Gasteiger partial charge in [0.2, 0.25) is 0 Å². The molecule has 1 amide bonds. The van der Waals surface area contributed by atoms with Gasteiger partial charge in [-0.1, -0.05) is 6.07 Å². The average molecular weight is 463 g/mol. The fraction of sp³-hybridized carbons (Fsp3) is 0.348.